The van der Waals surface area contributed by atoms with E-state index >= 15 is 0 Å². The van der Waals surface area contributed by atoms with E-state index in [1.165, 1.54) is 32.1 Å². The predicted molar refractivity (Wildman–Crippen MR) is 355 cm³/mol. The lowest BCUT2D eigenvalue weighted by Gasteiger charge is -2.23. The number of thiazole rings is 1. The number of hydrogen-bond donors (Lipinski definition) is 8. The number of nitrogens with two attached hydrogens (primary N) is 1. The van der Waals surface area contributed by atoms with Crippen LogP contribution < -0.4 is 27.0 Å². The second kappa shape index (κ2) is 33.1. The highest BCUT2D eigenvalue weighted by Gasteiger charge is 2.57. The highest BCUT2D eigenvalue weighted by Crippen LogP contribution is 2.45. The Bertz CT molecular complexity index is 3550. The van der Waals surface area contributed by atoms with Gasteiger partial charge < -0.3 is 94.4 Å². The number of benzene rings is 3. The van der Waals surface area contributed by atoms with Gasteiger partial charge in [0.1, 0.15) is 55.0 Å². The van der Waals surface area contributed by atoms with E-state index in [-0.39, 0.29) is 136 Å². The van der Waals surface area contributed by atoms with Crippen LogP contribution in [0.5, 0.6) is 0 Å². The van der Waals surface area contributed by atoms with Gasteiger partial charge in [-0.15, -0.1) is 11.3 Å². The molecule has 27 nitrogen and oxygen atoms in total. The van der Waals surface area contributed by atoms with Crippen molar-refractivity contribution in [3.63, 3.8) is 0 Å². The zero-order valence-electron chi connectivity index (χ0n) is 57.4. The summed E-state index contributed by atoms with van der Waals surface area (Å²) in [6.07, 6.45) is -6.72. The summed E-state index contributed by atoms with van der Waals surface area (Å²) in [7, 11) is 0. The van der Waals surface area contributed by atoms with Crippen molar-refractivity contribution in [2.75, 3.05) is 43.6 Å². The van der Waals surface area contributed by atoms with Crippen molar-refractivity contribution in [3.05, 3.63) is 102 Å². The molecule has 16 atom stereocenters. The molecule has 31 heteroatoms. The Hall–Kier alpha value is -7.43. The van der Waals surface area contributed by atoms with Gasteiger partial charge in [0.05, 0.1) is 83.8 Å². The van der Waals surface area contributed by atoms with Gasteiger partial charge in [0.2, 0.25) is 5.95 Å². The average molecular weight is 1430 g/mol. The van der Waals surface area contributed by atoms with Gasteiger partial charge in [-0.05, 0) is 97.4 Å². The van der Waals surface area contributed by atoms with Gasteiger partial charge in [0.15, 0.2) is 17.4 Å². The average Bonchev–Trinajstić information content (AvgIpc) is 1.61. The maximum absolute atomic E-state index is 12.8. The first kappa shape index (κ1) is 76.7. The molecule has 548 valence electrons. The van der Waals surface area contributed by atoms with Crippen LogP contribution in [0.4, 0.5) is 34.5 Å². The summed E-state index contributed by atoms with van der Waals surface area (Å²) in [6, 6.07) is 25.2. The highest BCUT2D eigenvalue weighted by molar-refractivity contribution is 7.21. The third kappa shape index (κ3) is 20.9. The van der Waals surface area contributed by atoms with Gasteiger partial charge in [-0.1, -0.05) is 72.8 Å². The Labute approximate surface area is 581 Å². The molecule has 2 aromatic heterocycles. The number of halogens is 3. The first-order valence-electron chi connectivity index (χ1n) is 33.2. The number of carbonyl (C=O) groups excluding carboxylic acids is 5. The van der Waals surface area contributed by atoms with Crippen molar-refractivity contribution in [1.29, 1.82) is 0 Å². The van der Waals surface area contributed by atoms with Crippen molar-refractivity contribution in [3.8, 4) is 10.6 Å². The number of rotatable bonds is 18. The van der Waals surface area contributed by atoms with Crippen LogP contribution in [0.15, 0.2) is 84.9 Å². The molecule has 7 fully saturated rings. The SMILES string of the molecule is CC(=O)OC[C@H]1C[C@@H](N)[C@@H]2OC(C)(C)O[C@H]12.CC(=O)OC[C@H]1C[C@@H](NC(=O)OCc2ccccc2)[C@@H]2OC(C)(C)O[C@H]12.CC(=O)OC[C@H]1C[C@@H](Nc2nc(NCC(F)(F)F)nc(C)c2-c2nc3ccccc3s2)[C@H](O)[C@@H]1O.CC1(C)O[C@@H]2[C@@H](CO)C[C@@H](NC(=O)OCc3ccccc3)[C@@H]2O1. The molecule has 4 aliphatic carbocycles. The number of nitrogens with zero attached hydrogens (tertiary/aromatic N) is 3. The summed E-state index contributed by atoms with van der Waals surface area (Å²) in [5, 5.41) is 42.1. The fourth-order valence-corrected chi connectivity index (χ4v) is 14.4. The first-order chi connectivity index (χ1) is 47.2. The standard InChI is InChI=1S/C22H24F3N5O4S.C19H25NO6.C17H23NO5.C11H19NO4/c1-10-16(20-29-13-5-3-4-6-15(13)35-20)19(30-21(27-10)26-9-22(23,24)25)28-14-7-12(8-34-11(2)31)17(32)18(14)33;1-12(21)23-11-14-9-15(17-16(14)25-19(2,3)26-17)20-18(22)24-10-13-7-5-4-6-8-13;1-17(2)22-14-12(9-19)8-13(15(14)23-17)18-16(20)21-10-11-6-4-3-5-7-11;1-6(13)14-5-7-4-8(12)10-9(7)15-11(2,3)16-10/h3-6,12,14,17-18,32-33H,7-9H2,1-2H3,(H2,26,27,28,30);4-8,14-17H,9-11H2,1-3H3,(H,20,22);3-7,12-15,19H,8-10H2,1-2H3,(H,18,20);7-10H,4-5,12H2,1-3H3/t12-,14-,17-,18+;14-,15-,16-,17+;12-,13-,14-,15+;7-,8-,9-,10+/m1111/s1. The van der Waals surface area contributed by atoms with Gasteiger partial charge in [-0.2, -0.15) is 18.2 Å². The zero-order valence-corrected chi connectivity index (χ0v) is 58.2. The molecule has 3 aromatic carbocycles. The summed E-state index contributed by atoms with van der Waals surface area (Å²) in [6.45, 7) is 16.4. The minimum Gasteiger partial charge on any atom is -0.465 e. The molecule has 9 N–H and O–H groups in total. The molecule has 7 aliphatic rings. The van der Waals surface area contributed by atoms with Crippen LogP contribution in [0, 0.1) is 30.6 Å². The fourth-order valence-electron chi connectivity index (χ4n) is 13.4. The molecular formula is C69H91F3N8O19S. The van der Waals surface area contributed by atoms with Crippen molar-refractivity contribution in [2.45, 2.75) is 205 Å². The van der Waals surface area contributed by atoms with E-state index in [9.17, 15) is 52.5 Å². The molecule has 3 aliphatic heterocycles. The highest BCUT2D eigenvalue weighted by atomic mass is 32.1. The molecule has 0 radical (unpaired) electrons. The molecule has 0 spiro atoms. The summed E-state index contributed by atoms with van der Waals surface area (Å²) in [5.41, 5.74) is 9.45. The number of aliphatic hydroxyl groups excluding tert-OH is 3. The van der Waals surface area contributed by atoms with Crippen molar-refractivity contribution >= 4 is 63.4 Å². The topological polar surface area (TPSA) is 360 Å². The molecule has 0 bridgehead atoms. The minimum absolute atomic E-state index is 0.0118. The molecular weight excluding hydrogens is 1330 g/mol. The van der Waals surface area contributed by atoms with Crippen LogP contribution in [0.3, 0.4) is 0 Å². The van der Waals surface area contributed by atoms with Crippen LogP contribution in [0.25, 0.3) is 20.8 Å². The van der Waals surface area contributed by atoms with Crippen LogP contribution in [-0.2, 0) is 79.7 Å². The predicted octanol–water partition coefficient (Wildman–Crippen LogP) is 7.74. The van der Waals surface area contributed by atoms with Crippen LogP contribution in [0.1, 0.15) is 105 Å². The number of hydrogen-bond acceptors (Lipinski definition) is 26. The number of esters is 3. The maximum atomic E-state index is 12.8. The van der Waals surface area contributed by atoms with Gasteiger partial charge >= 0.3 is 36.3 Å². The summed E-state index contributed by atoms with van der Waals surface area (Å²) in [4.78, 5) is 70.3. The summed E-state index contributed by atoms with van der Waals surface area (Å²) in [5.74, 6) is -3.65. The number of aromatic nitrogens is 3. The largest absolute Gasteiger partial charge is 0.465 e. The lowest BCUT2D eigenvalue weighted by molar-refractivity contribution is -0.163. The lowest BCUT2D eigenvalue weighted by Crippen LogP contribution is -2.43. The molecule has 0 unspecified atom stereocenters. The van der Waals surface area contributed by atoms with E-state index in [2.05, 4.69) is 36.2 Å². The number of aliphatic hydroxyl groups is 3. The Balaban J connectivity index is 0.000000161. The summed E-state index contributed by atoms with van der Waals surface area (Å²) >= 11 is 1.37. The number of aryl methyl sites for hydroxylation is 1. The van der Waals surface area contributed by atoms with Gasteiger partial charge in [-0.25, -0.2) is 19.6 Å². The molecule has 100 heavy (non-hydrogen) atoms. The molecule has 5 heterocycles. The lowest BCUT2D eigenvalue weighted by atomic mass is 10.1. The van der Waals surface area contributed by atoms with Gasteiger partial charge in [-0.3, -0.25) is 14.4 Å². The number of alkyl halides is 3. The normalized spacial score (nSPS) is 29.2. The number of para-hydroxylation sites is 1. The number of fused-ring (bicyclic) bond motifs is 4. The second-order valence-electron chi connectivity index (χ2n) is 27.1. The molecule has 2 amide bonds. The van der Waals surface area contributed by atoms with E-state index in [1.807, 2.05) is 126 Å². The number of nitrogens with one attached hydrogen (secondary N) is 4. The molecule has 3 saturated heterocycles. The van der Waals surface area contributed by atoms with E-state index < -0.39 is 72.4 Å². The Morgan fingerprint density at radius 3 is 1.51 bits per heavy atom. The minimum atomic E-state index is -4.47. The molecule has 5 aromatic rings. The Morgan fingerprint density at radius 2 is 1.01 bits per heavy atom. The number of amides is 2. The van der Waals surface area contributed by atoms with Crippen molar-refractivity contribution in [1.82, 2.24) is 25.6 Å². The first-order valence-corrected chi connectivity index (χ1v) is 34.0. The quantitative estimate of drug-likeness (QED) is 0.0307. The van der Waals surface area contributed by atoms with Crippen LogP contribution in [0.2, 0.25) is 0 Å². The number of ether oxygens (including phenoxy) is 11. The van der Waals surface area contributed by atoms with Gasteiger partial charge in [0, 0.05) is 57.1 Å². The zero-order chi connectivity index (χ0) is 72.4. The summed E-state index contributed by atoms with van der Waals surface area (Å²) < 4.78 is 100. The smallest absolute Gasteiger partial charge is 0.407 e. The third-order valence-electron chi connectivity index (χ3n) is 17.7. The Kier molecular flexibility index (Phi) is 25.4. The number of carbonyl (C=O) groups is 5. The van der Waals surface area contributed by atoms with E-state index in [0.717, 1.165) is 27.8 Å². The van der Waals surface area contributed by atoms with Crippen molar-refractivity contribution < 1.29 is 105 Å². The molecule has 12 rings (SSSR count). The monoisotopic (exact) mass is 1420 g/mol. The maximum Gasteiger partial charge on any atom is 0.407 e. The van der Waals surface area contributed by atoms with Gasteiger partial charge in [0.25, 0.3) is 0 Å². The van der Waals surface area contributed by atoms with Crippen molar-refractivity contribution in [2.24, 2.45) is 29.4 Å². The third-order valence-corrected chi connectivity index (χ3v) is 18.8. The number of anilines is 2. The van der Waals surface area contributed by atoms with Crippen LogP contribution >= 0.6 is 11.3 Å². The molecule has 4 saturated carbocycles. The van der Waals surface area contributed by atoms with E-state index in [4.69, 9.17) is 57.8 Å². The van der Waals surface area contributed by atoms with E-state index in [0.29, 0.717) is 35.7 Å². The number of alkyl carbamates (subject to hydrolysis) is 2. The fraction of sp³-hybridized carbons (Fsp3) is 0.594. The van der Waals surface area contributed by atoms with Crippen LogP contribution in [-0.4, -0.2) is 190 Å². The second-order valence-corrected chi connectivity index (χ2v) is 28.1. The van der Waals surface area contributed by atoms with E-state index in [1.54, 1.807) is 6.92 Å². The Morgan fingerprint density at radius 1 is 0.570 bits per heavy atom.